The molecule has 1 N–H and O–H groups in total. The van der Waals surface area contributed by atoms with Gasteiger partial charge in [0.05, 0.1) is 5.39 Å². The van der Waals surface area contributed by atoms with E-state index in [9.17, 15) is 8.78 Å². The fraction of sp³-hybridized carbons (Fsp3) is 0.150. The number of nitrogens with one attached hydrogen (secondary N) is 1. The normalized spacial score (nSPS) is 13.1. The second-order valence-corrected chi connectivity index (χ2v) is 6.98. The number of halogens is 2. The average molecular weight is 382 g/mol. The predicted molar refractivity (Wildman–Crippen MR) is 104 cm³/mol. The summed E-state index contributed by atoms with van der Waals surface area (Å²) >= 11 is 1.64. The molecular weight excluding hydrogens is 366 g/mol. The maximum absolute atomic E-state index is 11.9. The Kier molecular flexibility index (Phi) is 5.02. The van der Waals surface area contributed by atoms with E-state index in [4.69, 9.17) is 0 Å². The van der Waals surface area contributed by atoms with Crippen LogP contribution in [0.3, 0.4) is 0 Å². The zero-order chi connectivity index (χ0) is 18.6. The zero-order valence-electron chi connectivity index (χ0n) is 14.3. The van der Waals surface area contributed by atoms with Crippen molar-refractivity contribution >= 4 is 27.4 Å². The van der Waals surface area contributed by atoms with E-state index in [1.807, 2.05) is 18.2 Å². The van der Waals surface area contributed by atoms with Gasteiger partial charge in [0.1, 0.15) is 16.3 Å². The molecule has 0 aliphatic heterocycles. The van der Waals surface area contributed by atoms with Gasteiger partial charge in [-0.25, -0.2) is 18.7 Å². The number of aromatic nitrogens is 3. The molecule has 0 saturated heterocycles. The monoisotopic (exact) mass is 382 g/mol. The largest absolute Gasteiger partial charge is 0.367 e. The first-order valence-electron chi connectivity index (χ1n) is 8.54. The lowest BCUT2D eigenvalue weighted by Crippen LogP contribution is -2.05. The van der Waals surface area contributed by atoms with Gasteiger partial charge in [-0.1, -0.05) is 18.2 Å². The Morgan fingerprint density at radius 3 is 2.30 bits per heavy atom. The fourth-order valence-electron chi connectivity index (χ4n) is 2.44. The molecule has 0 unspecified atom stereocenters. The lowest BCUT2D eigenvalue weighted by Gasteiger charge is -2.07. The van der Waals surface area contributed by atoms with Crippen LogP contribution in [-0.2, 0) is 0 Å². The number of thiophene rings is 1. The molecular formula is C20H16F2N4S. The second kappa shape index (κ2) is 7.75. The number of nitrogens with zero attached hydrogens (tertiary/aromatic N) is 3. The number of benzene rings is 1. The molecule has 0 radical (unpaired) electrons. The Morgan fingerprint density at radius 2 is 1.67 bits per heavy atom. The molecule has 136 valence electrons. The van der Waals surface area contributed by atoms with Crippen LogP contribution in [0, 0.1) is 11.6 Å². The Balaban J connectivity index is 0.000000190. The van der Waals surface area contributed by atoms with E-state index >= 15 is 0 Å². The molecule has 3 heterocycles. The standard InChI is InChI=1S/C14H12N4S.C6H4F2/c1-2-7-15-11(3-1)13-17-12(16-9-4-5-9)10-6-8-19-14(10)18-13;7-5-3-1-2-4-6(5)8/h1-3,6-9H,4-5H2,(H,16,17,18);1-4H. The van der Waals surface area contributed by atoms with Crippen molar-refractivity contribution in [1.82, 2.24) is 15.0 Å². The van der Waals surface area contributed by atoms with Crippen molar-refractivity contribution in [2.75, 3.05) is 5.32 Å². The number of rotatable bonds is 3. The smallest absolute Gasteiger partial charge is 0.181 e. The summed E-state index contributed by atoms with van der Waals surface area (Å²) in [6, 6.07) is 13.5. The van der Waals surface area contributed by atoms with E-state index in [2.05, 4.69) is 31.7 Å². The second-order valence-electron chi connectivity index (χ2n) is 6.08. The van der Waals surface area contributed by atoms with Gasteiger partial charge in [0.25, 0.3) is 0 Å². The third-order valence-electron chi connectivity index (χ3n) is 3.96. The van der Waals surface area contributed by atoms with Crippen molar-refractivity contribution in [3.63, 3.8) is 0 Å². The van der Waals surface area contributed by atoms with Crippen LogP contribution in [0.2, 0.25) is 0 Å². The van der Waals surface area contributed by atoms with E-state index in [1.165, 1.54) is 25.0 Å². The number of hydrogen-bond donors (Lipinski definition) is 1. The third-order valence-corrected chi connectivity index (χ3v) is 4.77. The number of pyridine rings is 1. The molecule has 1 saturated carbocycles. The van der Waals surface area contributed by atoms with Crippen LogP contribution in [0.25, 0.3) is 21.7 Å². The van der Waals surface area contributed by atoms with Gasteiger partial charge < -0.3 is 5.32 Å². The molecule has 7 heteroatoms. The van der Waals surface area contributed by atoms with Crippen LogP contribution >= 0.6 is 11.3 Å². The van der Waals surface area contributed by atoms with Crippen LogP contribution in [0.1, 0.15) is 12.8 Å². The van der Waals surface area contributed by atoms with Gasteiger partial charge in [-0.2, -0.15) is 0 Å². The maximum Gasteiger partial charge on any atom is 0.181 e. The van der Waals surface area contributed by atoms with Crippen LogP contribution in [0.15, 0.2) is 60.1 Å². The summed E-state index contributed by atoms with van der Waals surface area (Å²) < 4.78 is 23.9. The minimum atomic E-state index is -0.799. The first-order chi connectivity index (χ1) is 13.2. The Hall–Kier alpha value is -2.93. The first-order valence-corrected chi connectivity index (χ1v) is 9.42. The van der Waals surface area contributed by atoms with E-state index in [-0.39, 0.29) is 0 Å². The number of fused-ring (bicyclic) bond motifs is 1. The van der Waals surface area contributed by atoms with E-state index in [0.717, 1.165) is 33.9 Å². The third kappa shape index (κ3) is 4.25. The molecule has 0 bridgehead atoms. The molecule has 1 aliphatic carbocycles. The fourth-order valence-corrected chi connectivity index (χ4v) is 3.20. The quantitative estimate of drug-likeness (QED) is 0.523. The van der Waals surface area contributed by atoms with Gasteiger partial charge in [0, 0.05) is 12.2 Å². The highest BCUT2D eigenvalue weighted by Gasteiger charge is 2.23. The molecule has 1 fully saturated rings. The average Bonchev–Trinajstić information content (AvgIpc) is 3.38. The van der Waals surface area contributed by atoms with Crippen LogP contribution in [0.4, 0.5) is 14.6 Å². The van der Waals surface area contributed by atoms with Crippen molar-refractivity contribution in [2.24, 2.45) is 0 Å². The van der Waals surface area contributed by atoms with Gasteiger partial charge in [-0.3, -0.25) is 4.98 Å². The summed E-state index contributed by atoms with van der Waals surface area (Å²) in [5, 5.41) is 6.65. The van der Waals surface area contributed by atoms with Crippen molar-refractivity contribution < 1.29 is 8.78 Å². The molecule has 0 amide bonds. The topological polar surface area (TPSA) is 50.7 Å². The summed E-state index contributed by atoms with van der Waals surface area (Å²) in [5.41, 5.74) is 0.816. The van der Waals surface area contributed by atoms with Crippen molar-refractivity contribution in [2.45, 2.75) is 18.9 Å². The van der Waals surface area contributed by atoms with Gasteiger partial charge >= 0.3 is 0 Å². The summed E-state index contributed by atoms with van der Waals surface area (Å²) in [6.07, 6.45) is 4.23. The lowest BCUT2D eigenvalue weighted by atomic mass is 10.3. The molecule has 27 heavy (non-hydrogen) atoms. The van der Waals surface area contributed by atoms with Crippen LogP contribution in [-0.4, -0.2) is 21.0 Å². The van der Waals surface area contributed by atoms with E-state index in [0.29, 0.717) is 11.9 Å². The molecule has 1 aliphatic rings. The van der Waals surface area contributed by atoms with Crippen molar-refractivity contribution in [1.29, 1.82) is 0 Å². The van der Waals surface area contributed by atoms with Gasteiger partial charge in [0.15, 0.2) is 17.5 Å². The predicted octanol–water partition coefficient (Wildman–Crippen LogP) is 5.29. The van der Waals surface area contributed by atoms with Crippen LogP contribution in [0.5, 0.6) is 0 Å². The molecule has 3 aromatic heterocycles. The van der Waals surface area contributed by atoms with Crippen molar-refractivity contribution in [3.8, 4) is 11.5 Å². The highest BCUT2D eigenvalue weighted by molar-refractivity contribution is 7.16. The molecule has 4 nitrogen and oxygen atoms in total. The minimum absolute atomic E-state index is 0.578. The minimum Gasteiger partial charge on any atom is -0.367 e. The molecule has 1 aromatic carbocycles. The van der Waals surface area contributed by atoms with E-state index < -0.39 is 11.6 Å². The Morgan fingerprint density at radius 1 is 0.926 bits per heavy atom. The summed E-state index contributed by atoms with van der Waals surface area (Å²) in [6.45, 7) is 0. The molecule has 4 aromatic rings. The lowest BCUT2D eigenvalue weighted by molar-refractivity contribution is 0.508. The Labute approximate surface area is 159 Å². The van der Waals surface area contributed by atoms with E-state index in [1.54, 1.807) is 17.5 Å². The van der Waals surface area contributed by atoms with Gasteiger partial charge in [-0.15, -0.1) is 11.3 Å². The van der Waals surface area contributed by atoms with Crippen molar-refractivity contribution in [3.05, 3.63) is 71.7 Å². The van der Waals surface area contributed by atoms with Gasteiger partial charge in [-0.05, 0) is 48.6 Å². The summed E-state index contributed by atoms with van der Waals surface area (Å²) in [5.74, 6) is 0.0353. The summed E-state index contributed by atoms with van der Waals surface area (Å²) in [4.78, 5) is 14.6. The maximum atomic E-state index is 11.9. The molecule has 0 spiro atoms. The molecule has 0 atom stereocenters. The van der Waals surface area contributed by atoms with Crippen LogP contribution < -0.4 is 5.32 Å². The highest BCUT2D eigenvalue weighted by Crippen LogP contribution is 2.31. The number of hydrogen-bond acceptors (Lipinski definition) is 5. The SMILES string of the molecule is Fc1ccccc1F.c1ccc(-c2nc(NC3CC3)c3ccsc3n2)nc1. The Bertz CT molecular complexity index is 1030. The molecule has 5 rings (SSSR count). The zero-order valence-corrected chi connectivity index (χ0v) is 15.1. The first kappa shape index (κ1) is 17.5. The summed E-state index contributed by atoms with van der Waals surface area (Å²) in [7, 11) is 0. The number of anilines is 1. The highest BCUT2D eigenvalue weighted by atomic mass is 32.1. The van der Waals surface area contributed by atoms with Gasteiger partial charge in [0.2, 0.25) is 0 Å².